The highest BCUT2D eigenvalue weighted by Gasteiger charge is 2.16. The number of rotatable bonds is 2. The smallest absolute Gasteiger partial charge is 0.143 e. The highest BCUT2D eigenvalue weighted by molar-refractivity contribution is 5.78. The van der Waals surface area contributed by atoms with E-state index in [2.05, 4.69) is 9.97 Å². The van der Waals surface area contributed by atoms with Gasteiger partial charge in [-0.05, 0) is 19.1 Å². The molecule has 0 aliphatic carbocycles. The van der Waals surface area contributed by atoms with E-state index in [-0.39, 0.29) is 11.9 Å². The van der Waals surface area contributed by atoms with Crippen LogP contribution in [0.15, 0.2) is 36.7 Å². The van der Waals surface area contributed by atoms with Crippen LogP contribution in [0.25, 0.3) is 16.7 Å². The van der Waals surface area contributed by atoms with Crippen LogP contribution in [0.2, 0.25) is 0 Å². The first-order valence-corrected chi connectivity index (χ1v) is 6.10. The van der Waals surface area contributed by atoms with Crippen molar-refractivity contribution in [2.45, 2.75) is 13.0 Å². The topological polar surface area (TPSA) is 56.7 Å². The van der Waals surface area contributed by atoms with Gasteiger partial charge in [-0.15, -0.1) is 0 Å². The molecule has 0 fully saturated rings. The standard InChI is InChI=1S/C14H12F2N4/c1-8(17)14-19-12-3-2-9(15)5-13(12)20(14)11-4-10(16)6-18-7-11/h2-8H,17H2,1H3. The molecule has 102 valence electrons. The van der Waals surface area contributed by atoms with Crippen molar-refractivity contribution < 1.29 is 8.78 Å². The largest absolute Gasteiger partial charge is 0.322 e. The van der Waals surface area contributed by atoms with E-state index in [4.69, 9.17) is 5.73 Å². The van der Waals surface area contributed by atoms with Gasteiger partial charge < -0.3 is 5.73 Å². The van der Waals surface area contributed by atoms with Crippen LogP contribution < -0.4 is 5.73 Å². The molecule has 0 saturated carbocycles. The Morgan fingerprint density at radius 2 is 1.95 bits per heavy atom. The van der Waals surface area contributed by atoms with E-state index in [9.17, 15) is 8.78 Å². The lowest BCUT2D eigenvalue weighted by molar-refractivity contribution is 0.618. The van der Waals surface area contributed by atoms with Gasteiger partial charge >= 0.3 is 0 Å². The first-order chi connectivity index (χ1) is 9.56. The van der Waals surface area contributed by atoms with Crippen LogP contribution in [-0.2, 0) is 0 Å². The van der Waals surface area contributed by atoms with Crippen LogP contribution in [0.4, 0.5) is 8.78 Å². The number of fused-ring (bicyclic) bond motifs is 1. The lowest BCUT2D eigenvalue weighted by Gasteiger charge is -2.11. The summed E-state index contributed by atoms with van der Waals surface area (Å²) < 4.78 is 28.5. The first-order valence-electron chi connectivity index (χ1n) is 6.10. The Labute approximate surface area is 113 Å². The summed E-state index contributed by atoms with van der Waals surface area (Å²) in [4.78, 5) is 8.19. The number of hydrogen-bond donors (Lipinski definition) is 1. The number of pyridine rings is 1. The lowest BCUT2D eigenvalue weighted by Crippen LogP contribution is -2.12. The molecule has 2 N–H and O–H groups in total. The molecule has 1 aromatic carbocycles. The molecule has 4 nitrogen and oxygen atoms in total. The van der Waals surface area contributed by atoms with Crippen molar-refractivity contribution >= 4 is 11.0 Å². The van der Waals surface area contributed by atoms with E-state index in [0.29, 0.717) is 22.5 Å². The zero-order valence-corrected chi connectivity index (χ0v) is 10.7. The molecule has 2 heterocycles. The number of hydrogen-bond acceptors (Lipinski definition) is 3. The van der Waals surface area contributed by atoms with Crippen LogP contribution in [0.1, 0.15) is 18.8 Å². The van der Waals surface area contributed by atoms with E-state index in [0.717, 1.165) is 6.20 Å². The fraction of sp³-hybridized carbons (Fsp3) is 0.143. The second-order valence-electron chi connectivity index (χ2n) is 4.59. The Kier molecular flexibility index (Phi) is 2.94. The number of halogens is 2. The molecule has 0 bridgehead atoms. The predicted molar refractivity (Wildman–Crippen MR) is 71.4 cm³/mol. The molecular formula is C14H12F2N4. The number of imidazole rings is 1. The van der Waals surface area contributed by atoms with Crippen LogP contribution in [0.5, 0.6) is 0 Å². The molecule has 0 radical (unpaired) electrons. The third-order valence-corrected chi connectivity index (χ3v) is 3.00. The van der Waals surface area contributed by atoms with E-state index >= 15 is 0 Å². The zero-order chi connectivity index (χ0) is 14.3. The maximum absolute atomic E-state index is 13.5. The SMILES string of the molecule is CC(N)c1nc2ccc(F)cc2n1-c1cncc(F)c1. The average molecular weight is 274 g/mol. The minimum Gasteiger partial charge on any atom is -0.322 e. The quantitative estimate of drug-likeness (QED) is 0.781. The molecular weight excluding hydrogens is 262 g/mol. The van der Waals surface area contributed by atoms with E-state index in [1.54, 1.807) is 17.6 Å². The monoisotopic (exact) mass is 274 g/mol. The molecule has 0 saturated heterocycles. The third kappa shape index (κ3) is 2.04. The van der Waals surface area contributed by atoms with Crippen molar-refractivity contribution in [1.82, 2.24) is 14.5 Å². The van der Waals surface area contributed by atoms with Gasteiger partial charge in [0, 0.05) is 12.1 Å². The maximum Gasteiger partial charge on any atom is 0.143 e. The number of benzene rings is 1. The van der Waals surface area contributed by atoms with Crippen molar-refractivity contribution in [2.24, 2.45) is 5.73 Å². The summed E-state index contributed by atoms with van der Waals surface area (Å²) >= 11 is 0. The average Bonchev–Trinajstić information content (AvgIpc) is 2.77. The van der Waals surface area contributed by atoms with Crippen molar-refractivity contribution in [3.05, 3.63) is 54.1 Å². The molecule has 0 spiro atoms. The van der Waals surface area contributed by atoms with Crippen LogP contribution in [0.3, 0.4) is 0 Å². The molecule has 2 aromatic heterocycles. The van der Waals surface area contributed by atoms with Gasteiger partial charge in [-0.2, -0.15) is 0 Å². The summed E-state index contributed by atoms with van der Waals surface area (Å²) in [5, 5.41) is 0. The number of nitrogens with two attached hydrogens (primary N) is 1. The summed E-state index contributed by atoms with van der Waals surface area (Å²) in [7, 11) is 0. The zero-order valence-electron chi connectivity index (χ0n) is 10.7. The summed E-state index contributed by atoms with van der Waals surface area (Å²) in [6.07, 6.45) is 2.59. The predicted octanol–water partition coefficient (Wildman–Crippen LogP) is 2.72. The van der Waals surface area contributed by atoms with Crippen LogP contribution >= 0.6 is 0 Å². The summed E-state index contributed by atoms with van der Waals surface area (Å²) in [5.41, 5.74) is 7.50. The normalized spacial score (nSPS) is 12.8. The summed E-state index contributed by atoms with van der Waals surface area (Å²) in [6.45, 7) is 1.76. The van der Waals surface area contributed by atoms with E-state index in [1.165, 1.54) is 24.4 Å². The van der Waals surface area contributed by atoms with Gasteiger partial charge in [-0.3, -0.25) is 9.55 Å². The number of aromatic nitrogens is 3. The Morgan fingerprint density at radius 1 is 1.15 bits per heavy atom. The molecule has 0 aliphatic heterocycles. The van der Waals surface area contributed by atoms with Gasteiger partial charge in [0.2, 0.25) is 0 Å². The first kappa shape index (κ1) is 12.7. The second-order valence-corrected chi connectivity index (χ2v) is 4.59. The van der Waals surface area contributed by atoms with Gasteiger partial charge in [-0.1, -0.05) is 0 Å². The molecule has 3 aromatic rings. The van der Waals surface area contributed by atoms with E-state index in [1.807, 2.05) is 0 Å². The highest BCUT2D eigenvalue weighted by atomic mass is 19.1. The van der Waals surface area contributed by atoms with Gasteiger partial charge in [0.05, 0.1) is 35.2 Å². The molecule has 1 atom stereocenters. The third-order valence-electron chi connectivity index (χ3n) is 3.00. The Morgan fingerprint density at radius 3 is 2.65 bits per heavy atom. The van der Waals surface area contributed by atoms with Crippen molar-refractivity contribution in [3.63, 3.8) is 0 Å². The lowest BCUT2D eigenvalue weighted by atomic mass is 10.3. The Hall–Kier alpha value is -2.34. The molecule has 3 rings (SSSR count). The Balaban J connectivity index is 2.36. The van der Waals surface area contributed by atoms with Crippen molar-refractivity contribution in [1.29, 1.82) is 0 Å². The highest BCUT2D eigenvalue weighted by Crippen LogP contribution is 2.25. The van der Waals surface area contributed by atoms with Gasteiger partial charge in [0.1, 0.15) is 17.5 Å². The molecule has 6 heteroatoms. The van der Waals surface area contributed by atoms with Crippen LogP contribution in [-0.4, -0.2) is 14.5 Å². The summed E-state index contributed by atoms with van der Waals surface area (Å²) in [6, 6.07) is 5.17. The van der Waals surface area contributed by atoms with Gasteiger partial charge in [0.15, 0.2) is 0 Å². The van der Waals surface area contributed by atoms with Crippen LogP contribution in [0, 0.1) is 11.6 Å². The van der Waals surface area contributed by atoms with Gasteiger partial charge in [-0.25, -0.2) is 13.8 Å². The minimum atomic E-state index is -0.476. The van der Waals surface area contributed by atoms with E-state index < -0.39 is 5.82 Å². The summed E-state index contributed by atoms with van der Waals surface area (Å²) in [5.74, 6) is -0.339. The van der Waals surface area contributed by atoms with Gasteiger partial charge in [0.25, 0.3) is 0 Å². The fourth-order valence-electron chi connectivity index (χ4n) is 2.17. The Bertz CT molecular complexity index is 780. The molecule has 1 unspecified atom stereocenters. The molecule has 20 heavy (non-hydrogen) atoms. The number of nitrogens with zero attached hydrogens (tertiary/aromatic N) is 3. The fourth-order valence-corrected chi connectivity index (χ4v) is 2.17. The minimum absolute atomic E-state index is 0.381. The van der Waals surface area contributed by atoms with Crippen molar-refractivity contribution in [2.75, 3.05) is 0 Å². The molecule has 0 aliphatic rings. The maximum atomic E-state index is 13.5. The second kappa shape index (κ2) is 4.64. The van der Waals surface area contributed by atoms with Crippen molar-refractivity contribution in [3.8, 4) is 5.69 Å². The molecule has 0 amide bonds.